The summed E-state index contributed by atoms with van der Waals surface area (Å²) >= 11 is 0. The molecule has 8 heteroatoms. The highest BCUT2D eigenvalue weighted by atomic mass is 19.4. The van der Waals surface area contributed by atoms with Crippen LogP contribution in [0.2, 0.25) is 0 Å². The maximum atomic E-state index is 14.3. The molecule has 0 saturated heterocycles. The number of rotatable bonds is 4. The fourth-order valence-corrected chi connectivity index (χ4v) is 2.68. The molecule has 1 heterocycles. The van der Waals surface area contributed by atoms with Crippen LogP contribution in [0.3, 0.4) is 0 Å². The fraction of sp³-hybridized carbons (Fsp3) is 0.143. The number of hydrogen-bond donors (Lipinski definition) is 1. The number of carbonyl (C=O) groups excluding carboxylic acids is 1. The Balaban J connectivity index is 1.77. The lowest BCUT2D eigenvalue weighted by Crippen LogP contribution is -2.16. The zero-order chi connectivity index (χ0) is 21.2. The lowest BCUT2D eigenvalue weighted by Gasteiger charge is -2.13. The van der Waals surface area contributed by atoms with Crippen LogP contribution in [-0.4, -0.2) is 10.9 Å². The first kappa shape index (κ1) is 20.3. The van der Waals surface area contributed by atoms with Crippen molar-refractivity contribution in [1.82, 2.24) is 4.98 Å². The first-order valence-corrected chi connectivity index (χ1v) is 8.53. The van der Waals surface area contributed by atoms with Crippen LogP contribution in [0.15, 0.2) is 54.9 Å². The molecule has 0 radical (unpaired) electrons. The predicted octanol–water partition coefficient (Wildman–Crippen LogP) is 5.90. The average molecular weight is 404 g/mol. The van der Waals surface area contributed by atoms with E-state index in [4.69, 9.17) is 4.74 Å². The maximum absolute atomic E-state index is 14.3. The van der Waals surface area contributed by atoms with Gasteiger partial charge in [0.15, 0.2) is 5.75 Å². The van der Waals surface area contributed by atoms with Crippen molar-refractivity contribution in [1.29, 1.82) is 0 Å². The number of pyridine rings is 1. The van der Waals surface area contributed by atoms with Crippen LogP contribution in [0, 0.1) is 19.7 Å². The number of anilines is 1. The monoisotopic (exact) mass is 404 g/mol. The van der Waals surface area contributed by atoms with E-state index < -0.39 is 29.2 Å². The van der Waals surface area contributed by atoms with Crippen molar-refractivity contribution in [2.75, 3.05) is 5.32 Å². The second-order valence-electron chi connectivity index (χ2n) is 6.34. The highest BCUT2D eigenvalue weighted by Gasteiger charge is 2.34. The van der Waals surface area contributed by atoms with Crippen LogP contribution in [-0.2, 0) is 6.18 Å². The molecule has 150 valence electrons. The van der Waals surface area contributed by atoms with Crippen molar-refractivity contribution < 1.29 is 27.1 Å². The average Bonchev–Trinajstić information content (AvgIpc) is 2.66. The van der Waals surface area contributed by atoms with Crippen LogP contribution in [0.1, 0.15) is 27.0 Å². The van der Waals surface area contributed by atoms with Gasteiger partial charge in [0.2, 0.25) is 0 Å². The van der Waals surface area contributed by atoms with Crippen molar-refractivity contribution in [2.24, 2.45) is 0 Å². The molecular weight excluding hydrogens is 388 g/mol. The van der Waals surface area contributed by atoms with Crippen LogP contribution in [0.4, 0.5) is 23.2 Å². The van der Waals surface area contributed by atoms with E-state index in [1.807, 2.05) is 0 Å². The molecule has 0 atom stereocenters. The normalized spacial score (nSPS) is 11.2. The molecule has 1 aromatic heterocycles. The number of hydrogen-bond acceptors (Lipinski definition) is 3. The zero-order valence-electron chi connectivity index (χ0n) is 15.5. The van der Waals surface area contributed by atoms with Crippen LogP contribution < -0.4 is 10.1 Å². The summed E-state index contributed by atoms with van der Waals surface area (Å²) < 4.78 is 58.6. The first-order chi connectivity index (χ1) is 13.7. The molecular formula is C21H16F4N2O2. The molecule has 3 aromatic rings. The highest BCUT2D eigenvalue weighted by molar-refractivity contribution is 6.05. The molecule has 29 heavy (non-hydrogen) atoms. The van der Waals surface area contributed by atoms with Crippen LogP contribution in [0.5, 0.6) is 11.5 Å². The second-order valence-corrected chi connectivity index (χ2v) is 6.34. The van der Waals surface area contributed by atoms with E-state index in [0.717, 1.165) is 18.5 Å². The molecule has 0 bridgehead atoms. The predicted molar refractivity (Wildman–Crippen MR) is 99.6 cm³/mol. The van der Waals surface area contributed by atoms with Crippen LogP contribution in [0.25, 0.3) is 0 Å². The summed E-state index contributed by atoms with van der Waals surface area (Å²) in [5.74, 6) is -1.53. The van der Waals surface area contributed by atoms with E-state index in [2.05, 4.69) is 10.3 Å². The van der Waals surface area contributed by atoms with Gasteiger partial charge in [0.05, 0.1) is 11.8 Å². The minimum Gasteiger partial charge on any atom is -0.455 e. The molecule has 0 unspecified atom stereocenters. The lowest BCUT2D eigenvalue weighted by molar-refractivity contribution is -0.138. The Morgan fingerprint density at radius 2 is 1.66 bits per heavy atom. The van der Waals surface area contributed by atoms with Gasteiger partial charge in [0.1, 0.15) is 17.1 Å². The minimum atomic E-state index is -4.58. The molecule has 0 saturated carbocycles. The summed E-state index contributed by atoms with van der Waals surface area (Å²) in [6.07, 6.45) is -2.58. The van der Waals surface area contributed by atoms with E-state index in [0.29, 0.717) is 16.8 Å². The van der Waals surface area contributed by atoms with E-state index in [-0.39, 0.29) is 11.3 Å². The SMILES string of the molecule is Cc1ccc(C)c(C(=O)Nc2ccc(Oc3cnccc3C(F)(F)F)cc2)c1F. The Hall–Kier alpha value is -3.42. The Labute approximate surface area is 164 Å². The van der Waals surface area contributed by atoms with Crippen molar-refractivity contribution in [3.8, 4) is 11.5 Å². The van der Waals surface area contributed by atoms with Gasteiger partial charge in [0.25, 0.3) is 5.91 Å². The number of nitrogens with zero attached hydrogens (tertiary/aromatic N) is 1. The fourth-order valence-electron chi connectivity index (χ4n) is 2.68. The standard InChI is InChI=1S/C21H16F4N2O2/c1-12-3-4-13(2)19(22)18(12)20(28)27-14-5-7-15(8-6-14)29-17-11-26-10-9-16(17)21(23,24)25/h3-11H,1-2H3,(H,27,28). The van der Waals surface area contributed by atoms with Gasteiger partial charge in [-0.15, -0.1) is 0 Å². The van der Waals surface area contributed by atoms with Crippen molar-refractivity contribution >= 4 is 11.6 Å². The number of carbonyl (C=O) groups is 1. The lowest BCUT2D eigenvalue weighted by atomic mass is 10.0. The molecule has 0 aliphatic rings. The molecule has 2 aromatic carbocycles. The third-order valence-corrected chi connectivity index (χ3v) is 4.20. The summed E-state index contributed by atoms with van der Waals surface area (Å²) in [4.78, 5) is 16.1. The quantitative estimate of drug-likeness (QED) is 0.551. The van der Waals surface area contributed by atoms with Gasteiger partial charge < -0.3 is 10.1 Å². The molecule has 0 aliphatic carbocycles. The Kier molecular flexibility index (Phi) is 5.54. The number of alkyl halides is 3. The van der Waals surface area contributed by atoms with E-state index >= 15 is 0 Å². The number of halogens is 4. The molecule has 3 rings (SSSR count). The summed E-state index contributed by atoms with van der Waals surface area (Å²) in [5, 5.41) is 2.57. The molecule has 0 aliphatic heterocycles. The topological polar surface area (TPSA) is 51.2 Å². The van der Waals surface area contributed by atoms with Gasteiger partial charge in [-0.1, -0.05) is 12.1 Å². The van der Waals surface area contributed by atoms with E-state index in [9.17, 15) is 22.4 Å². The third kappa shape index (κ3) is 4.53. The first-order valence-electron chi connectivity index (χ1n) is 8.53. The summed E-state index contributed by atoms with van der Waals surface area (Å²) in [6, 6.07) is 9.73. The zero-order valence-corrected chi connectivity index (χ0v) is 15.5. The van der Waals surface area contributed by atoms with Gasteiger partial charge in [0, 0.05) is 11.9 Å². The summed E-state index contributed by atoms with van der Waals surface area (Å²) in [5.41, 5.74) is 0.166. The van der Waals surface area contributed by atoms with Crippen molar-refractivity contribution in [3.05, 3.63) is 82.9 Å². The van der Waals surface area contributed by atoms with Gasteiger partial charge in [-0.2, -0.15) is 13.2 Å². The van der Waals surface area contributed by atoms with Gasteiger partial charge >= 0.3 is 6.18 Å². The third-order valence-electron chi connectivity index (χ3n) is 4.20. The molecule has 4 nitrogen and oxygen atoms in total. The number of amides is 1. The molecule has 0 spiro atoms. The number of aryl methyl sites for hydroxylation is 2. The molecule has 0 fully saturated rings. The largest absolute Gasteiger partial charge is 0.455 e. The smallest absolute Gasteiger partial charge is 0.420 e. The second kappa shape index (κ2) is 7.90. The molecule has 1 N–H and O–H groups in total. The van der Waals surface area contributed by atoms with Crippen LogP contribution >= 0.6 is 0 Å². The van der Waals surface area contributed by atoms with Crippen molar-refractivity contribution in [3.63, 3.8) is 0 Å². The van der Waals surface area contributed by atoms with E-state index in [1.165, 1.54) is 24.3 Å². The van der Waals surface area contributed by atoms with E-state index in [1.54, 1.807) is 26.0 Å². The van der Waals surface area contributed by atoms with Gasteiger partial charge in [-0.05, 0) is 55.3 Å². The maximum Gasteiger partial charge on any atom is 0.420 e. The Morgan fingerprint density at radius 1 is 1.00 bits per heavy atom. The number of ether oxygens (including phenoxy) is 1. The Morgan fingerprint density at radius 3 is 2.31 bits per heavy atom. The summed E-state index contributed by atoms with van der Waals surface area (Å²) in [6.45, 7) is 3.19. The van der Waals surface area contributed by atoms with Gasteiger partial charge in [-0.3, -0.25) is 9.78 Å². The Bertz CT molecular complexity index is 1050. The minimum absolute atomic E-state index is 0.0597. The number of benzene rings is 2. The number of aromatic nitrogens is 1. The van der Waals surface area contributed by atoms with Crippen molar-refractivity contribution in [2.45, 2.75) is 20.0 Å². The molecule has 1 amide bonds. The number of nitrogens with one attached hydrogen (secondary N) is 1. The summed E-state index contributed by atoms with van der Waals surface area (Å²) in [7, 11) is 0. The highest BCUT2D eigenvalue weighted by Crippen LogP contribution is 2.37. The van der Waals surface area contributed by atoms with Gasteiger partial charge in [-0.25, -0.2) is 4.39 Å².